The van der Waals surface area contributed by atoms with Gasteiger partial charge in [-0.3, -0.25) is 4.79 Å². The van der Waals surface area contributed by atoms with E-state index in [0.29, 0.717) is 26.2 Å². The van der Waals surface area contributed by atoms with Gasteiger partial charge in [0.05, 0.1) is 33.0 Å². The molecule has 114 valence electrons. The van der Waals surface area contributed by atoms with Crippen LogP contribution in [0.3, 0.4) is 0 Å². The number of hydrogen-bond acceptors (Lipinski definition) is 4. The molecule has 2 N–H and O–H groups in total. The van der Waals surface area contributed by atoms with Gasteiger partial charge in [-0.2, -0.15) is 0 Å². The minimum Gasteiger partial charge on any atom is -0.378 e. The van der Waals surface area contributed by atoms with Crippen molar-refractivity contribution in [3.05, 3.63) is 0 Å². The maximum atomic E-state index is 13.3. The van der Waals surface area contributed by atoms with E-state index >= 15 is 0 Å². The Balaban J connectivity index is 3.24. The third-order valence-corrected chi connectivity index (χ3v) is 2.34. The molecule has 0 heterocycles. The molecule has 6 heteroatoms. The number of rotatable bonds is 13. The van der Waals surface area contributed by atoms with Crippen LogP contribution in [-0.4, -0.2) is 58.1 Å². The van der Waals surface area contributed by atoms with E-state index in [1.807, 2.05) is 13.8 Å². The van der Waals surface area contributed by atoms with E-state index in [1.54, 1.807) is 0 Å². The summed E-state index contributed by atoms with van der Waals surface area (Å²) < 4.78 is 23.7. The molecule has 0 aromatic heterocycles. The molecule has 0 aromatic carbocycles. The summed E-state index contributed by atoms with van der Waals surface area (Å²) in [6.07, 6.45) is 0.0408. The van der Waals surface area contributed by atoms with Crippen molar-refractivity contribution in [2.24, 2.45) is 0 Å². The standard InChI is InChI=1S/C13H27FN2O3/c1-3-5-13(17)16-10-12(14)11-19-9-8-18-7-6-15-4-2/h12,15H,3-11H2,1-2H3,(H,16,17). The Morgan fingerprint density at radius 1 is 1.21 bits per heavy atom. The summed E-state index contributed by atoms with van der Waals surface area (Å²) in [6, 6.07) is 0. The number of likely N-dealkylation sites (N-methyl/N-ethyl adjacent to an activating group) is 1. The highest BCUT2D eigenvalue weighted by atomic mass is 19.1. The fraction of sp³-hybridized carbons (Fsp3) is 0.923. The van der Waals surface area contributed by atoms with Crippen LogP contribution in [0.2, 0.25) is 0 Å². The van der Waals surface area contributed by atoms with Crippen molar-refractivity contribution in [2.45, 2.75) is 32.9 Å². The molecule has 0 aromatic rings. The van der Waals surface area contributed by atoms with Crippen LogP contribution in [0, 0.1) is 0 Å². The van der Waals surface area contributed by atoms with Crippen molar-refractivity contribution in [2.75, 3.05) is 46.1 Å². The lowest BCUT2D eigenvalue weighted by molar-refractivity contribution is -0.121. The first-order valence-electron chi connectivity index (χ1n) is 6.97. The largest absolute Gasteiger partial charge is 0.378 e. The van der Waals surface area contributed by atoms with Crippen LogP contribution in [0.25, 0.3) is 0 Å². The maximum absolute atomic E-state index is 13.3. The molecule has 0 aliphatic carbocycles. The normalized spacial score (nSPS) is 12.4. The molecule has 0 radical (unpaired) electrons. The Hall–Kier alpha value is -0.720. The number of hydrogen-bond donors (Lipinski definition) is 2. The molecule has 0 spiro atoms. The molecule has 1 atom stereocenters. The van der Waals surface area contributed by atoms with Crippen molar-refractivity contribution < 1.29 is 18.7 Å². The summed E-state index contributed by atoms with van der Waals surface area (Å²) in [5.41, 5.74) is 0. The Labute approximate surface area is 115 Å². The van der Waals surface area contributed by atoms with E-state index in [9.17, 15) is 9.18 Å². The molecule has 0 saturated heterocycles. The average Bonchev–Trinajstić information content (AvgIpc) is 2.40. The summed E-state index contributed by atoms with van der Waals surface area (Å²) in [5, 5.41) is 5.65. The lowest BCUT2D eigenvalue weighted by Crippen LogP contribution is -2.32. The monoisotopic (exact) mass is 278 g/mol. The van der Waals surface area contributed by atoms with Gasteiger partial charge in [-0.15, -0.1) is 0 Å². The maximum Gasteiger partial charge on any atom is 0.220 e. The fourth-order valence-electron chi connectivity index (χ4n) is 1.35. The Morgan fingerprint density at radius 2 is 1.95 bits per heavy atom. The minimum absolute atomic E-state index is 0.0109. The number of nitrogens with one attached hydrogen (secondary N) is 2. The van der Waals surface area contributed by atoms with Crippen LogP contribution in [0.5, 0.6) is 0 Å². The highest BCUT2D eigenvalue weighted by molar-refractivity contribution is 5.75. The first-order valence-corrected chi connectivity index (χ1v) is 6.97. The predicted octanol–water partition coefficient (Wildman–Crippen LogP) is 0.884. The summed E-state index contributed by atoms with van der Waals surface area (Å²) >= 11 is 0. The van der Waals surface area contributed by atoms with Crippen LogP contribution in [0.15, 0.2) is 0 Å². The van der Waals surface area contributed by atoms with Gasteiger partial charge in [-0.25, -0.2) is 4.39 Å². The zero-order valence-electron chi connectivity index (χ0n) is 12.0. The molecule has 0 aliphatic rings. The lowest BCUT2D eigenvalue weighted by Gasteiger charge is -2.10. The van der Waals surface area contributed by atoms with Gasteiger partial charge >= 0.3 is 0 Å². The van der Waals surface area contributed by atoms with Crippen molar-refractivity contribution in [3.8, 4) is 0 Å². The van der Waals surface area contributed by atoms with Gasteiger partial charge < -0.3 is 20.1 Å². The summed E-state index contributed by atoms with van der Waals surface area (Å²) in [4.78, 5) is 11.1. The van der Waals surface area contributed by atoms with E-state index < -0.39 is 6.17 Å². The van der Waals surface area contributed by atoms with Crippen LogP contribution in [0.1, 0.15) is 26.7 Å². The predicted molar refractivity (Wildman–Crippen MR) is 73.0 cm³/mol. The van der Waals surface area contributed by atoms with Crippen molar-refractivity contribution in [1.29, 1.82) is 0 Å². The third kappa shape index (κ3) is 13.5. The van der Waals surface area contributed by atoms with E-state index in [1.165, 1.54) is 0 Å². The lowest BCUT2D eigenvalue weighted by atomic mass is 10.3. The number of amides is 1. The third-order valence-electron chi connectivity index (χ3n) is 2.34. The fourth-order valence-corrected chi connectivity index (χ4v) is 1.35. The summed E-state index contributed by atoms with van der Waals surface area (Å²) in [7, 11) is 0. The van der Waals surface area contributed by atoms with Crippen molar-refractivity contribution in [1.82, 2.24) is 10.6 Å². The zero-order valence-corrected chi connectivity index (χ0v) is 12.0. The molecular formula is C13H27FN2O3. The number of alkyl halides is 1. The number of halogens is 1. The molecule has 19 heavy (non-hydrogen) atoms. The highest BCUT2D eigenvalue weighted by Gasteiger charge is 2.08. The smallest absolute Gasteiger partial charge is 0.220 e. The van der Waals surface area contributed by atoms with Crippen molar-refractivity contribution in [3.63, 3.8) is 0 Å². The Bertz CT molecular complexity index is 218. The second-order valence-corrected chi connectivity index (χ2v) is 4.19. The van der Waals surface area contributed by atoms with Gasteiger partial charge in [0, 0.05) is 13.0 Å². The van der Waals surface area contributed by atoms with Crippen LogP contribution in [-0.2, 0) is 14.3 Å². The van der Waals surface area contributed by atoms with E-state index in [0.717, 1.165) is 19.5 Å². The Kier molecular flexibility index (Phi) is 13.2. The Morgan fingerprint density at radius 3 is 2.63 bits per heavy atom. The molecule has 0 saturated carbocycles. The van der Waals surface area contributed by atoms with Crippen molar-refractivity contribution >= 4 is 5.91 Å². The van der Waals surface area contributed by atoms with Gasteiger partial charge in [0.15, 0.2) is 0 Å². The number of carbonyl (C=O) groups is 1. The van der Waals surface area contributed by atoms with Crippen LogP contribution in [0.4, 0.5) is 4.39 Å². The van der Waals surface area contributed by atoms with Gasteiger partial charge in [0.25, 0.3) is 0 Å². The van der Waals surface area contributed by atoms with E-state index in [2.05, 4.69) is 10.6 Å². The molecule has 1 unspecified atom stereocenters. The van der Waals surface area contributed by atoms with E-state index in [4.69, 9.17) is 9.47 Å². The molecule has 0 fully saturated rings. The molecular weight excluding hydrogens is 251 g/mol. The van der Waals surface area contributed by atoms with E-state index in [-0.39, 0.29) is 19.1 Å². The number of carbonyl (C=O) groups excluding carboxylic acids is 1. The minimum atomic E-state index is -1.16. The zero-order chi connectivity index (χ0) is 14.3. The van der Waals surface area contributed by atoms with Gasteiger partial charge in [-0.05, 0) is 13.0 Å². The van der Waals surface area contributed by atoms with Gasteiger partial charge in [0.1, 0.15) is 6.17 Å². The van der Waals surface area contributed by atoms with Gasteiger partial charge in [-0.1, -0.05) is 13.8 Å². The molecule has 1 amide bonds. The second-order valence-electron chi connectivity index (χ2n) is 4.19. The van der Waals surface area contributed by atoms with Crippen LogP contribution >= 0.6 is 0 Å². The summed E-state index contributed by atoms with van der Waals surface area (Å²) in [6.45, 7) is 7.14. The SMILES string of the molecule is CCCC(=O)NCC(F)COCCOCCNCC. The molecule has 0 bridgehead atoms. The average molecular weight is 278 g/mol. The quantitative estimate of drug-likeness (QED) is 0.491. The second kappa shape index (κ2) is 13.7. The summed E-state index contributed by atoms with van der Waals surface area (Å²) in [5.74, 6) is -0.114. The molecule has 0 aliphatic heterocycles. The van der Waals surface area contributed by atoms with Crippen LogP contribution < -0.4 is 10.6 Å². The molecule has 0 rings (SSSR count). The van der Waals surface area contributed by atoms with Gasteiger partial charge in [0.2, 0.25) is 5.91 Å². The number of ether oxygens (including phenoxy) is 2. The highest BCUT2D eigenvalue weighted by Crippen LogP contribution is 1.92. The first kappa shape index (κ1) is 18.3. The molecule has 5 nitrogen and oxygen atoms in total. The topological polar surface area (TPSA) is 59.6 Å². The first-order chi connectivity index (χ1) is 9.20.